The number of nitrogen functional groups attached to an aromatic ring is 1. The molecule has 0 aliphatic rings. The van der Waals surface area contributed by atoms with Gasteiger partial charge in [0.25, 0.3) is 5.91 Å². The summed E-state index contributed by atoms with van der Waals surface area (Å²) in [6.07, 6.45) is 7.52. The van der Waals surface area contributed by atoms with Crippen molar-refractivity contribution in [2.45, 2.75) is 5.92 Å². The number of anilines is 3. The van der Waals surface area contributed by atoms with Crippen LogP contribution in [0.1, 0.15) is 33.4 Å². The Balaban J connectivity index is 1.79. The standard InChI is InChI=1S/C21H20N8O3/c1-23-13-4-3-7-26-17(13)16(12-5-6-15(30)29(2)11-12)18-19(22)32-21(27-18)28-20(31)14-10-24-8-9-25-14/h3-11,16,23H,22H2,1-2H3,(H,27,28,31). The third-order valence-corrected chi connectivity index (χ3v) is 4.79. The largest absolute Gasteiger partial charge is 0.407 e. The number of hydrogen-bond acceptors (Lipinski definition) is 9. The number of nitrogens with zero attached hydrogens (tertiary/aromatic N) is 5. The lowest BCUT2D eigenvalue weighted by molar-refractivity contribution is 0.101. The van der Waals surface area contributed by atoms with Gasteiger partial charge in [0.2, 0.25) is 11.4 Å². The van der Waals surface area contributed by atoms with E-state index in [1.54, 1.807) is 38.6 Å². The molecule has 0 aliphatic heterocycles. The van der Waals surface area contributed by atoms with Crippen molar-refractivity contribution in [3.05, 3.63) is 88.2 Å². The SMILES string of the molecule is CNc1cccnc1C(c1ccc(=O)n(C)c1)c1nc(NC(=O)c2cnccn2)oc1N. The van der Waals surface area contributed by atoms with Crippen LogP contribution in [0.2, 0.25) is 0 Å². The summed E-state index contributed by atoms with van der Waals surface area (Å²) in [6.45, 7) is 0. The molecule has 4 aromatic heterocycles. The van der Waals surface area contributed by atoms with Crippen LogP contribution in [0.4, 0.5) is 17.6 Å². The number of rotatable bonds is 6. The van der Waals surface area contributed by atoms with Crippen LogP contribution in [-0.4, -0.2) is 37.5 Å². The third-order valence-electron chi connectivity index (χ3n) is 4.79. The summed E-state index contributed by atoms with van der Waals surface area (Å²) < 4.78 is 6.98. The Morgan fingerprint density at radius 1 is 1.16 bits per heavy atom. The molecule has 4 N–H and O–H groups in total. The Labute approximate surface area is 182 Å². The summed E-state index contributed by atoms with van der Waals surface area (Å²) in [5.74, 6) is -1.11. The van der Waals surface area contributed by atoms with E-state index in [9.17, 15) is 9.59 Å². The molecule has 4 aromatic rings. The van der Waals surface area contributed by atoms with E-state index in [0.717, 1.165) is 5.69 Å². The number of hydrogen-bond donors (Lipinski definition) is 3. The maximum Gasteiger partial charge on any atom is 0.303 e. The first kappa shape index (κ1) is 20.7. The summed E-state index contributed by atoms with van der Waals surface area (Å²) in [5, 5.41) is 5.64. The first-order valence-electron chi connectivity index (χ1n) is 9.60. The Hall–Kier alpha value is -4.54. The number of pyridine rings is 2. The van der Waals surface area contributed by atoms with Gasteiger partial charge in [-0.3, -0.25) is 24.9 Å². The molecule has 32 heavy (non-hydrogen) atoms. The fourth-order valence-corrected chi connectivity index (χ4v) is 3.27. The molecule has 11 nitrogen and oxygen atoms in total. The second-order valence-electron chi connectivity index (χ2n) is 6.84. The summed E-state index contributed by atoms with van der Waals surface area (Å²) in [7, 11) is 3.43. The highest BCUT2D eigenvalue weighted by atomic mass is 16.4. The van der Waals surface area contributed by atoms with Crippen LogP contribution in [0, 0.1) is 0 Å². The van der Waals surface area contributed by atoms with Crippen LogP contribution in [-0.2, 0) is 7.05 Å². The molecule has 1 atom stereocenters. The summed E-state index contributed by atoms with van der Waals surface area (Å²) in [4.78, 5) is 41.1. The quantitative estimate of drug-likeness (QED) is 0.412. The molecule has 11 heteroatoms. The van der Waals surface area contributed by atoms with E-state index >= 15 is 0 Å². The van der Waals surface area contributed by atoms with Gasteiger partial charge in [-0.25, -0.2) is 4.98 Å². The number of oxazole rings is 1. The van der Waals surface area contributed by atoms with Crippen LogP contribution in [0.5, 0.6) is 0 Å². The van der Waals surface area contributed by atoms with Crippen molar-refractivity contribution >= 4 is 23.5 Å². The molecule has 0 aromatic carbocycles. The van der Waals surface area contributed by atoms with Crippen LogP contribution < -0.4 is 21.9 Å². The van der Waals surface area contributed by atoms with Gasteiger partial charge in [0, 0.05) is 44.9 Å². The highest BCUT2D eigenvalue weighted by Crippen LogP contribution is 2.37. The van der Waals surface area contributed by atoms with E-state index in [-0.39, 0.29) is 23.2 Å². The molecule has 4 rings (SSSR count). The maximum absolute atomic E-state index is 12.4. The molecule has 0 bridgehead atoms. The van der Waals surface area contributed by atoms with E-state index in [4.69, 9.17) is 10.2 Å². The lowest BCUT2D eigenvalue weighted by Gasteiger charge is -2.18. The molecule has 162 valence electrons. The molecule has 0 spiro atoms. The topological polar surface area (TPSA) is 154 Å². The molecule has 0 radical (unpaired) electrons. The minimum absolute atomic E-state index is 0.00556. The van der Waals surface area contributed by atoms with Crippen molar-refractivity contribution in [2.24, 2.45) is 7.05 Å². The number of amides is 1. The van der Waals surface area contributed by atoms with Crippen molar-refractivity contribution in [2.75, 3.05) is 23.4 Å². The monoisotopic (exact) mass is 432 g/mol. The second kappa shape index (κ2) is 8.68. The predicted molar refractivity (Wildman–Crippen MR) is 117 cm³/mol. The van der Waals surface area contributed by atoms with Gasteiger partial charge in [-0.15, -0.1) is 0 Å². The summed E-state index contributed by atoms with van der Waals surface area (Å²) in [6, 6.07) is 6.71. The van der Waals surface area contributed by atoms with Crippen LogP contribution in [0.15, 0.2) is 64.5 Å². The Morgan fingerprint density at radius 3 is 2.72 bits per heavy atom. The fourth-order valence-electron chi connectivity index (χ4n) is 3.27. The number of nitrogens with two attached hydrogens (primary N) is 1. The molecule has 0 saturated heterocycles. The molecule has 0 aliphatic carbocycles. The Kier molecular flexibility index (Phi) is 5.62. The van der Waals surface area contributed by atoms with E-state index in [1.165, 1.54) is 29.2 Å². The van der Waals surface area contributed by atoms with Crippen molar-refractivity contribution in [1.82, 2.24) is 24.5 Å². The summed E-state index contributed by atoms with van der Waals surface area (Å²) >= 11 is 0. The summed E-state index contributed by atoms with van der Waals surface area (Å²) in [5.41, 5.74) is 8.54. The number of aromatic nitrogens is 5. The molecular weight excluding hydrogens is 412 g/mol. The first-order chi connectivity index (χ1) is 15.5. The average Bonchev–Trinajstić information content (AvgIpc) is 3.16. The predicted octanol–water partition coefficient (Wildman–Crippen LogP) is 1.61. The second-order valence-corrected chi connectivity index (χ2v) is 6.84. The van der Waals surface area contributed by atoms with Crippen molar-refractivity contribution in [3.8, 4) is 0 Å². The zero-order valence-electron chi connectivity index (χ0n) is 17.3. The van der Waals surface area contributed by atoms with Gasteiger partial charge >= 0.3 is 6.01 Å². The van der Waals surface area contributed by atoms with Gasteiger partial charge in [-0.2, -0.15) is 4.98 Å². The third kappa shape index (κ3) is 4.03. The van der Waals surface area contributed by atoms with E-state index in [1.807, 2.05) is 6.07 Å². The zero-order chi connectivity index (χ0) is 22.7. The van der Waals surface area contributed by atoms with Crippen molar-refractivity contribution in [3.63, 3.8) is 0 Å². The van der Waals surface area contributed by atoms with Gasteiger partial charge in [0.15, 0.2) is 0 Å². The van der Waals surface area contributed by atoms with Gasteiger partial charge in [0.1, 0.15) is 11.4 Å². The van der Waals surface area contributed by atoms with Crippen LogP contribution in [0.25, 0.3) is 0 Å². The lowest BCUT2D eigenvalue weighted by Crippen LogP contribution is -2.18. The van der Waals surface area contributed by atoms with Gasteiger partial charge in [-0.05, 0) is 17.7 Å². The smallest absolute Gasteiger partial charge is 0.303 e. The molecule has 1 amide bonds. The molecule has 0 saturated carbocycles. The molecular formula is C21H20N8O3. The fraction of sp³-hybridized carbons (Fsp3) is 0.143. The van der Waals surface area contributed by atoms with E-state index in [2.05, 4.69) is 30.6 Å². The number of carbonyl (C=O) groups is 1. The number of aryl methyl sites for hydroxylation is 1. The highest BCUT2D eigenvalue weighted by Gasteiger charge is 2.28. The first-order valence-corrected chi connectivity index (χ1v) is 9.60. The lowest BCUT2D eigenvalue weighted by atomic mass is 9.92. The van der Waals surface area contributed by atoms with Gasteiger partial charge < -0.3 is 20.0 Å². The maximum atomic E-state index is 12.4. The van der Waals surface area contributed by atoms with Crippen molar-refractivity contribution in [1.29, 1.82) is 0 Å². The number of carbonyl (C=O) groups excluding carboxylic acids is 1. The minimum Gasteiger partial charge on any atom is -0.407 e. The highest BCUT2D eigenvalue weighted by molar-refractivity contribution is 6.01. The zero-order valence-corrected chi connectivity index (χ0v) is 17.3. The van der Waals surface area contributed by atoms with Crippen LogP contribution >= 0.6 is 0 Å². The van der Waals surface area contributed by atoms with E-state index in [0.29, 0.717) is 17.0 Å². The molecule has 4 heterocycles. The normalized spacial score (nSPS) is 11.7. The van der Waals surface area contributed by atoms with Gasteiger partial charge in [-0.1, -0.05) is 6.07 Å². The minimum atomic E-state index is -0.573. The number of nitrogens with one attached hydrogen (secondary N) is 2. The Morgan fingerprint density at radius 2 is 2.00 bits per heavy atom. The van der Waals surface area contributed by atoms with Gasteiger partial charge in [0.05, 0.1) is 23.5 Å². The Bertz CT molecular complexity index is 1320. The average molecular weight is 432 g/mol. The van der Waals surface area contributed by atoms with E-state index < -0.39 is 11.8 Å². The van der Waals surface area contributed by atoms with Crippen LogP contribution in [0.3, 0.4) is 0 Å². The van der Waals surface area contributed by atoms with Crippen molar-refractivity contribution < 1.29 is 9.21 Å². The molecule has 1 unspecified atom stereocenters. The molecule has 0 fully saturated rings.